The highest BCUT2D eigenvalue weighted by molar-refractivity contribution is 4.61. The summed E-state index contributed by atoms with van der Waals surface area (Å²) in [5.41, 5.74) is 0. The maximum Gasteiger partial charge on any atom is -0.00187 e. The monoisotopic (exact) mass is 578 g/mol. The van der Waals surface area contributed by atoms with Gasteiger partial charge in [0.15, 0.2) is 0 Å². The van der Waals surface area contributed by atoms with E-state index in [2.05, 4.69) is 25.7 Å². The minimum absolute atomic E-state index is 1.37. The molecule has 0 atom stereocenters. The number of hydrogen-bond acceptors (Lipinski definition) is 1. The first-order valence-corrected chi connectivity index (χ1v) is 20.1. The van der Waals surface area contributed by atoms with Crippen LogP contribution < -0.4 is 0 Å². The molecule has 248 valence electrons. The SMILES string of the molecule is CCCCCCCCCCCCCCCCN(CCCCCCCCCCCC)CCCCCCCCCCCC. The summed E-state index contributed by atoms with van der Waals surface area (Å²) >= 11 is 0. The van der Waals surface area contributed by atoms with Gasteiger partial charge in [0.2, 0.25) is 0 Å². The van der Waals surface area contributed by atoms with Gasteiger partial charge in [0.25, 0.3) is 0 Å². The van der Waals surface area contributed by atoms with Crippen LogP contribution in [0.25, 0.3) is 0 Å². The molecule has 0 aliphatic heterocycles. The van der Waals surface area contributed by atoms with E-state index in [9.17, 15) is 0 Å². The molecular formula is C40H83N. The van der Waals surface area contributed by atoms with Crippen LogP contribution in [0, 0.1) is 0 Å². The smallest absolute Gasteiger partial charge is 0.00187 e. The molecule has 41 heavy (non-hydrogen) atoms. The molecule has 0 aliphatic carbocycles. The second kappa shape index (κ2) is 38.0. The summed E-state index contributed by atoms with van der Waals surface area (Å²) in [6, 6.07) is 0. The second-order valence-corrected chi connectivity index (χ2v) is 13.8. The van der Waals surface area contributed by atoms with Gasteiger partial charge < -0.3 is 4.90 Å². The lowest BCUT2D eigenvalue weighted by molar-refractivity contribution is 0.254. The van der Waals surface area contributed by atoms with E-state index in [4.69, 9.17) is 0 Å². The molecule has 0 aromatic carbocycles. The molecule has 0 saturated heterocycles. The Morgan fingerprint density at radius 2 is 0.341 bits per heavy atom. The Kier molecular flexibility index (Phi) is 37.9. The average molecular weight is 578 g/mol. The van der Waals surface area contributed by atoms with Crippen molar-refractivity contribution in [3.05, 3.63) is 0 Å². The molecule has 0 aromatic rings. The molecule has 0 fully saturated rings. The third-order valence-electron chi connectivity index (χ3n) is 9.48. The van der Waals surface area contributed by atoms with Gasteiger partial charge in [0, 0.05) is 0 Å². The van der Waals surface area contributed by atoms with E-state index in [0.29, 0.717) is 0 Å². The number of nitrogens with zero attached hydrogens (tertiary/aromatic N) is 1. The van der Waals surface area contributed by atoms with Gasteiger partial charge in [-0.2, -0.15) is 0 Å². The van der Waals surface area contributed by atoms with E-state index in [0.717, 1.165) is 0 Å². The number of rotatable bonds is 37. The average Bonchev–Trinajstić information content (AvgIpc) is 2.98. The van der Waals surface area contributed by atoms with Gasteiger partial charge in [-0.1, -0.05) is 220 Å². The molecule has 0 spiro atoms. The van der Waals surface area contributed by atoms with Crippen LogP contribution in [0.15, 0.2) is 0 Å². The van der Waals surface area contributed by atoms with Gasteiger partial charge in [-0.05, 0) is 38.9 Å². The lowest BCUT2D eigenvalue weighted by Crippen LogP contribution is -2.27. The molecule has 0 N–H and O–H groups in total. The zero-order valence-corrected chi connectivity index (χ0v) is 29.6. The summed E-state index contributed by atoms with van der Waals surface area (Å²) in [6.45, 7) is 11.1. The maximum atomic E-state index is 2.86. The van der Waals surface area contributed by atoms with Crippen molar-refractivity contribution in [1.29, 1.82) is 0 Å². The first-order valence-electron chi connectivity index (χ1n) is 20.1. The van der Waals surface area contributed by atoms with Crippen molar-refractivity contribution in [3.63, 3.8) is 0 Å². The molecule has 0 aliphatic rings. The highest BCUT2D eigenvalue weighted by atomic mass is 15.1. The van der Waals surface area contributed by atoms with Gasteiger partial charge in [0.05, 0.1) is 0 Å². The highest BCUT2D eigenvalue weighted by Crippen LogP contribution is 2.15. The van der Waals surface area contributed by atoms with Crippen LogP contribution in [-0.4, -0.2) is 24.5 Å². The fraction of sp³-hybridized carbons (Fsp3) is 1.00. The Bertz CT molecular complexity index is 409. The van der Waals surface area contributed by atoms with Crippen molar-refractivity contribution in [2.45, 2.75) is 239 Å². The minimum Gasteiger partial charge on any atom is -0.303 e. The second-order valence-electron chi connectivity index (χ2n) is 13.8. The summed E-state index contributed by atoms with van der Waals surface area (Å²) < 4.78 is 0. The largest absolute Gasteiger partial charge is 0.303 e. The lowest BCUT2D eigenvalue weighted by Gasteiger charge is -2.22. The van der Waals surface area contributed by atoms with E-state index in [1.807, 2.05) is 0 Å². The molecule has 1 nitrogen and oxygen atoms in total. The van der Waals surface area contributed by atoms with Gasteiger partial charge in [-0.3, -0.25) is 0 Å². The molecule has 0 radical (unpaired) electrons. The van der Waals surface area contributed by atoms with Gasteiger partial charge >= 0.3 is 0 Å². The first kappa shape index (κ1) is 41.0. The zero-order valence-electron chi connectivity index (χ0n) is 29.6. The molecule has 0 bridgehead atoms. The number of hydrogen-bond donors (Lipinski definition) is 0. The van der Waals surface area contributed by atoms with Crippen LogP contribution in [0.3, 0.4) is 0 Å². The molecule has 0 saturated carbocycles. The minimum atomic E-state index is 1.37. The predicted octanol–water partition coefficient (Wildman–Crippen LogP) is 14.6. The zero-order chi connectivity index (χ0) is 29.7. The summed E-state index contributed by atoms with van der Waals surface area (Å²) in [5.74, 6) is 0. The Labute approximate surface area is 263 Å². The van der Waals surface area contributed by atoms with E-state index in [1.54, 1.807) is 0 Å². The molecule has 0 unspecified atom stereocenters. The molecule has 0 aromatic heterocycles. The first-order chi connectivity index (χ1) is 20.3. The van der Waals surface area contributed by atoms with Crippen LogP contribution in [0.4, 0.5) is 0 Å². The Hall–Kier alpha value is -0.0400. The molecule has 0 rings (SSSR count). The van der Waals surface area contributed by atoms with E-state index < -0.39 is 0 Å². The molecule has 0 heterocycles. The van der Waals surface area contributed by atoms with Gasteiger partial charge in [0.1, 0.15) is 0 Å². The van der Waals surface area contributed by atoms with Gasteiger partial charge in [-0.25, -0.2) is 0 Å². The summed E-state index contributed by atoms with van der Waals surface area (Å²) in [6.07, 6.45) is 49.6. The van der Waals surface area contributed by atoms with E-state index in [1.165, 1.54) is 238 Å². The van der Waals surface area contributed by atoms with Crippen LogP contribution >= 0.6 is 0 Å². The van der Waals surface area contributed by atoms with Crippen molar-refractivity contribution < 1.29 is 0 Å². The van der Waals surface area contributed by atoms with Crippen LogP contribution in [-0.2, 0) is 0 Å². The standard InChI is InChI=1S/C40H83N/c1-4-7-10-13-16-19-22-23-24-25-28-31-34-37-40-41(38-35-32-29-26-20-17-14-11-8-5-2)39-36-33-30-27-21-18-15-12-9-6-3/h4-40H2,1-3H3. The van der Waals surface area contributed by atoms with Gasteiger partial charge in [-0.15, -0.1) is 0 Å². The van der Waals surface area contributed by atoms with Crippen molar-refractivity contribution in [3.8, 4) is 0 Å². The topological polar surface area (TPSA) is 3.24 Å². The molecule has 1 heteroatoms. The Balaban J connectivity index is 3.86. The van der Waals surface area contributed by atoms with Crippen molar-refractivity contribution in [2.24, 2.45) is 0 Å². The number of unbranched alkanes of at least 4 members (excludes halogenated alkanes) is 31. The highest BCUT2D eigenvalue weighted by Gasteiger charge is 2.05. The Morgan fingerprint density at radius 3 is 0.512 bits per heavy atom. The molecule has 0 amide bonds. The van der Waals surface area contributed by atoms with Crippen molar-refractivity contribution >= 4 is 0 Å². The fourth-order valence-corrected chi connectivity index (χ4v) is 6.51. The normalized spacial score (nSPS) is 11.7. The van der Waals surface area contributed by atoms with E-state index >= 15 is 0 Å². The fourth-order valence-electron chi connectivity index (χ4n) is 6.51. The third kappa shape index (κ3) is 36.1. The summed E-state index contributed by atoms with van der Waals surface area (Å²) in [5, 5.41) is 0. The summed E-state index contributed by atoms with van der Waals surface area (Å²) in [7, 11) is 0. The molecular weight excluding hydrogens is 494 g/mol. The lowest BCUT2D eigenvalue weighted by atomic mass is 10.0. The third-order valence-corrected chi connectivity index (χ3v) is 9.48. The summed E-state index contributed by atoms with van der Waals surface area (Å²) in [4.78, 5) is 2.86. The van der Waals surface area contributed by atoms with E-state index in [-0.39, 0.29) is 0 Å². The predicted molar refractivity (Wildman–Crippen MR) is 190 cm³/mol. The quantitative estimate of drug-likeness (QED) is 0.0664. The maximum absolute atomic E-state index is 2.86. The van der Waals surface area contributed by atoms with Crippen molar-refractivity contribution in [1.82, 2.24) is 4.90 Å². The van der Waals surface area contributed by atoms with Crippen molar-refractivity contribution in [2.75, 3.05) is 19.6 Å². The Morgan fingerprint density at radius 1 is 0.195 bits per heavy atom. The van der Waals surface area contributed by atoms with Crippen LogP contribution in [0.1, 0.15) is 239 Å². The van der Waals surface area contributed by atoms with Crippen LogP contribution in [0.5, 0.6) is 0 Å². The van der Waals surface area contributed by atoms with Crippen LogP contribution in [0.2, 0.25) is 0 Å².